The monoisotopic (exact) mass is 319 g/mol. The van der Waals surface area contributed by atoms with Crippen molar-refractivity contribution in [2.24, 2.45) is 0 Å². The van der Waals surface area contributed by atoms with Crippen LogP contribution in [0.3, 0.4) is 0 Å². The van der Waals surface area contributed by atoms with Crippen molar-refractivity contribution in [2.75, 3.05) is 26.0 Å². The van der Waals surface area contributed by atoms with Gasteiger partial charge in [-0.15, -0.1) is 0 Å². The van der Waals surface area contributed by atoms with Gasteiger partial charge in [0.2, 0.25) is 10.0 Å². The third kappa shape index (κ3) is 5.12. The first-order valence-electron chi connectivity index (χ1n) is 7.49. The summed E-state index contributed by atoms with van der Waals surface area (Å²) >= 11 is 0. The molecule has 0 radical (unpaired) electrons. The molecule has 0 aliphatic carbocycles. The molecule has 2 rings (SSSR count). The van der Waals surface area contributed by atoms with Crippen LogP contribution in [0.5, 0.6) is 0 Å². The smallest absolute Gasteiger partial charge is 0.317 e. The molecular weight excluding hydrogens is 294 g/mol. The maximum atomic E-state index is 12.2. The fraction of sp³-hybridized carbons (Fsp3) is 0.923. The fourth-order valence-electron chi connectivity index (χ4n) is 2.88. The van der Waals surface area contributed by atoms with Crippen LogP contribution in [0, 0.1) is 0 Å². The first-order valence-corrected chi connectivity index (χ1v) is 9.38. The van der Waals surface area contributed by atoms with Crippen molar-refractivity contribution in [3.05, 3.63) is 0 Å². The largest absolute Gasteiger partial charge is 0.376 e. The summed E-state index contributed by atoms with van der Waals surface area (Å²) in [5.41, 5.74) is 0. The Morgan fingerprint density at radius 2 is 1.95 bits per heavy atom. The molecule has 8 heteroatoms. The Morgan fingerprint density at radius 1 is 1.29 bits per heavy atom. The predicted molar refractivity (Wildman–Crippen MR) is 79.5 cm³/mol. The lowest BCUT2D eigenvalue weighted by Crippen LogP contribution is -2.52. The van der Waals surface area contributed by atoms with Crippen LogP contribution in [0.1, 0.15) is 32.6 Å². The van der Waals surface area contributed by atoms with Crippen LogP contribution in [0.2, 0.25) is 0 Å². The molecule has 2 saturated heterocycles. The molecule has 0 bridgehead atoms. The summed E-state index contributed by atoms with van der Waals surface area (Å²) in [5.74, 6) is 0. The highest BCUT2D eigenvalue weighted by Crippen LogP contribution is 2.16. The Bertz CT molecular complexity index is 454. The number of amides is 2. The number of rotatable bonds is 4. The molecule has 2 atom stereocenters. The molecule has 21 heavy (non-hydrogen) atoms. The highest BCUT2D eigenvalue weighted by molar-refractivity contribution is 7.88. The third-order valence-corrected chi connectivity index (χ3v) is 4.80. The molecule has 2 aliphatic heterocycles. The number of hydrogen-bond acceptors (Lipinski definition) is 4. The molecular formula is C13H25N3O4S. The number of likely N-dealkylation sites (tertiary alicyclic amines) is 1. The van der Waals surface area contributed by atoms with Crippen LogP contribution in [-0.4, -0.2) is 63.5 Å². The van der Waals surface area contributed by atoms with Gasteiger partial charge in [0.25, 0.3) is 0 Å². The normalized spacial score (nSPS) is 25.8. The Labute approximate surface area is 126 Å². The van der Waals surface area contributed by atoms with Crippen molar-refractivity contribution in [3.63, 3.8) is 0 Å². The summed E-state index contributed by atoms with van der Waals surface area (Å²) < 4.78 is 30.5. The van der Waals surface area contributed by atoms with Gasteiger partial charge < -0.3 is 15.0 Å². The maximum absolute atomic E-state index is 12.2. The zero-order valence-corrected chi connectivity index (χ0v) is 13.5. The topological polar surface area (TPSA) is 87.7 Å². The van der Waals surface area contributed by atoms with Gasteiger partial charge in [-0.05, 0) is 32.6 Å². The molecule has 2 heterocycles. The lowest BCUT2D eigenvalue weighted by molar-refractivity contribution is 0.0824. The average Bonchev–Trinajstić information content (AvgIpc) is 2.91. The van der Waals surface area contributed by atoms with E-state index in [1.165, 1.54) is 0 Å². The predicted octanol–water partition coefficient (Wildman–Crippen LogP) is 0.277. The minimum Gasteiger partial charge on any atom is -0.376 e. The van der Waals surface area contributed by atoms with Gasteiger partial charge in [-0.3, -0.25) is 0 Å². The van der Waals surface area contributed by atoms with Crippen molar-refractivity contribution < 1.29 is 17.9 Å². The highest BCUT2D eigenvalue weighted by atomic mass is 32.2. The number of urea groups is 1. The summed E-state index contributed by atoms with van der Waals surface area (Å²) in [6.07, 6.45) is 4.60. The zero-order chi connectivity index (χ0) is 15.5. The molecule has 0 aromatic rings. The lowest BCUT2D eigenvalue weighted by atomic mass is 10.1. The van der Waals surface area contributed by atoms with Crippen molar-refractivity contribution in [3.8, 4) is 0 Å². The van der Waals surface area contributed by atoms with Crippen LogP contribution in [0.4, 0.5) is 4.79 Å². The molecule has 0 aromatic carbocycles. The quantitative estimate of drug-likeness (QED) is 0.779. The first kappa shape index (κ1) is 16.5. The van der Waals surface area contributed by atoms with Gasteiger partial charge >= 0.3 is 6.03 Å². The van der Waals surface area contributed by atoms with Crippen LogP contribution in [0.25, 0.3) is 0 Å². The van der Waals surface area contributed by atoms with Crippen molar-refractivity contribution in [1.29, 1.82) is 0 Å². The maximum Gasteiger partial charge on any atom is 0.317 e. The number of carbonyl (C=O) groups is 1. The molecule has 2 amide bonds. The molecule has 2 aliphatic rings. The Hall–Kier alpha value is -0.860. The van der Waals surface area contributed by atoms with Gasteiger partial charge in [-0.1, -0.05) is 0 Å². The molecule has 2 N–H and O–H groups in total. The van der Waals surface area contributed by atoms with E-state index in [0.717, 1.165) is 25.7 Å². The van der Waals surface area contributed by atoms with E-state index in [9.17, 15) is 13.2 Å². The highest BCUT2D eigenvalue weighted by Gasteiger charge is 2.28. The van der Waals surface area contributed by atoms with Crippen LogP contribution < -0.4 is 10.0 Å². The van der Waals surface area contributed by atoms with E-state index in [1.807, 2.05) is 6.92 Å². The summed E-state index contributed by atoms with van der Waals surface area (Å²) in [5, 5.41) is 2.98. The van der Waals surface area contributed by atoms with Gasteiger partial charge in [0, 0.05) is 25.7 Å². The molecule has 2 fully saturated rings. The van der Waals surface area contributed by atoms with E-state index < -0.39 is 10.0 Å². The molecule has 0 spiro atoms. The van der Waals surface area contributed by atoms with E-state index in [2.05, 4.69) is 10.0 Å². The number of ether oxygens (including phenoxy) is 1. The minimum absolute atomic E-state index is 0.00636. The van der Waals surface area contributed by atoms with Gasteiger partial charge in [-0.25, -0.2) is 17.9 Å². The van der Waals surface area contributed by atoms with E-state index in [-0.39, 0.29) is 24.2 Å². The van der Waals surface area contributed by atoms with Gasteiger partial charge in [-0.2, -0.15) is 0 Å². The van der Waals surface area contributed by atoms with Gasteiger partial charge in [0.05, 0.1) is 18.4 Å². The second-order valence-electron chi connectivity index (χ2n) is 5.94. The number of nitrogens with one attached hydrogen (secondary N) is 2. The Kier molecular flexibility index (Phi) is 5.45. The van der Waals surface area contributed by atoms with Gasteiger partial charge in [0.1, 0.15) is 0 Å². The SMILES string of the molecule is C[C@H](NC(=O)N1CCC(NS(C)(=O)=O)CC1)[C@H]1CCCO1. The third-order valence-electron chi connectivity index (χ3n) is 4.04. The molecule has 0 aromatic heterocycles. The summed E-state index contributed by atoms with van der Waals surface area (Å²) in [6.45, 7) is 3.87. The van der Waals surface area contributed by atoms with E-state index in [4.69, 9.17) is 4.74 Å². The molecule has 0 saturated carbocycles. The molecule has 122 valence electrons. The first-order chi connectivity index (χ1) is 9.85. The van der Waals surface area contributed by atoms with Crippen LogP contribution in [0.15, 0.2) is 0 Å². The average molecular weight is 319 g/mol. The number of piperidine rings is 1. The lowest BCUT2D eigenvalue weighted by Gasteiger charge is -2.33. The number of nitrogens with zero attached hydrogens (tertiary/aromatic N) is 1. The van der Waals surface area contributed by atoms with E-state index in [0.29, 0.717) is 25.9 Å². The Balaban J connectivity index is 1.75. The number of sulfonamides is 1. The van der Waals surface area contributed by atoms with Crippen LogP contribution >= 0.6 is 0 Å². The molecule has 0 unspecified atom stereocenters. The second kappa shape index (κ2) is 6.93. The van der Waals surface area contributed by atoms with Crippen molar-refractivity contribution in [2.45, 2.75) is 50.8 Å². The second-order valence-corrected chi connectivity index (χ2v) is 7.72. The van der Waals surface area contributed by atoms with Crippen molar-refractivity contribution in [1.82, 2.24) is 14.9 Å². The molecule has 7 nitrogen and oxygen atoms in total. The minimum atomic E-state index is -3.18. The summed E-state index contributed by atoms with van der Waals surface area (Å²) in [6, 6.07) is -0.151. The van der Waals surface area contributed by atoms with Gasteiger partial charge in [0.15, 0.2) is 0 Å². The number of hydrogen-bond donors (Lipinski definition) is 2. The fourth-order valence-corrected chi connectivity index (χ4v) is 3.72. The summed E-state index contributed by atoms with van der Waals surface area (Å²) in [4.78, 5) is 13.9. The van der Waals surface area contributed by atoms with Crippen LogP contribution in [-0.2, 0) is 14.8 Å². The van der Waals surface area contributed by atoms with E-state index >= 15 is 0 Å². The zero-order valence-electron chi connectivity index (χ0n) is 12.7. The Morgan fingerprint density at radius 3 is 2.48 bits per heavy atom. The van der Waals surface area contributed by atoms with E-state index in [1.54, 1.807) is 4.90 Å². The van der Waals surface area contributed by atoms with Crippen molar-refractivity contribution >= 4 is 16.1 Å². The summed E-state index contributed by atoms with van der Waals surface area (Å²) in [7, 11) is -3.18. The number of carbonyl (C=O) groups excluding carboxylic acids is 1. The standard InChI is InChI=1S/C13H25N3O4S/c1-10(12-4-3-9-20-12)14-13(17)16-7-5-11(6-8-16)15-21(2,18)19/h10-12,15H,3-9H2,1-2H3,(H,14,17)/t10-,12+/m0/s1.